The van der Waals surface area contributed by atoms with Crippen LogP contribution >= 0.6 is 12.2 Å². The van der Waals surface area contributed by atoms with Crippen LogP contribution in [-0.4, -0.2) is 27.5 Å². The topological polar surface area (TPSA) is 42.8 Å². The molecule has 0 amide bonds. The second-order valence-electron chi connectivity index (χ2n) is 4.34. The molecule has 15 heavy (non-hydrogen) atoms. The minimum Gasteiger partial charge on any atom is -0.376 e. The predicted molar refractivity (Wildman–Crippen MR) is 60.6 cm³/mol. The molecule has 2 unspecified atom stereocenters. The molecule has 0 radical (unpaired) electrons. The number of hydrogen-bond donors (Lipinski definition) is 1. The van der Waals surface area contributed by atoms with Gasteiger partial charge in [0.2, 0.25) is 0 Å². The SMILES string of the molecule is CC(C)c1n[nH]c(=S)n1C1CCOC1C. The fraction of sp³-hybridized carbons (Fsp3) is 0.800. The zero-order valence-corrected chi connectivity index (χ0v) is 10.2. The van der Waals surface area contributed by atoms with Gasteiger partial charge < -0.3 is 4.74 Å². The summed E-state index contributed by atoms with van der Waals surface area (Å²) in [6, 6.07) is 0.341. The van der Waals surface area contributed by atoms with Crippen LogP contribution in [0.3, 0.4) is 0 Å². The molecule has 0 spiro atoms. The lowest BCUT2D eigenvalue weighted by Gasteiger charge is -2.18. The van der Waals surface area contributed by atoms with Gasteiger partial charge in [0.1, 0.15) is 5.82 Å². The lowest BCUT2D eigenvalue weighted by molar-refractivity contribution is 0.106. The van der Waals surface area contributed by atoms with Gasteiger partial charge in [-0.3, -0.25) is 9.67 Å². The monoisotopic (exact) mass is 227 g/mol. The van der Waals surface area contributed by atoms with Crippen molar-refractivity contribution in [3.05, 3.63) is 10.6 Å². The molecule has 1 saturated heterocycles. The Morgan fingerprint density at radius 1 is 1.60 bits per heavy atom. The molecule has 84 valence electrons. The van der Waals surface area contributed by atoms with E-state index < -0.39 is 0 Å². The van der Waals surface area contributed by atoms with E-state index in [1.54, 1.807) is 0 Å². The van der Waals surface area contributed by atoms with E-state index in [0.717, 1.165) is 18.9 Å². The molecule has 5 heteroatoms. The minimum absolute atomic E-state index is 0.229. The van der Waals surface area contributed by atoms with Crippen molar-refractivity contribution in [1.29, 1.82) is 0 Å². The maximum absolute atomic E-state index is 5.57. The molecule has 1 fully saturated rings. The van der Waals surface area contributed by atoms with Crippen LogP contribution in [0.1, 0.15) is 45.0 Å². The molecule has 1 aromatic heterocycles. The van der Waals surface area contributed by atoms with Crippen LogP contribution in [-0.2, 0) is 4.74 Å². The van der Waals surface area contributed by atoms with Crippen molar-refractivity contribution in [1.82, 2.24) is 14.8 Å². The third-order valence-corrected chi connectivity index (χ3v) is 3.20. The Morgan fingerprint density at radius 2 is 2.33 bits per heavy atom. The number of nitrogens with zero attached hydrogens (tertiary/aromatic N) is 2. The Hall–Kier alpha value is -0.680. The first-order valence-electron chi connectivity index (χ1n) is 5.39. The van der Waals surface area contributed by atoms with Gasteiger partial charge in [0.05, 0.1) is 12.1 Å². The van der Waals surface area contributed by atoms with Crippen LogP contribution in [0.25, 0.3) is 0 Å². The summed E-state index contributed by atoms with van der Waals surface area (Å²) in [5.74, 6) is 1.41. The summed E-state index contributed by atoms with van der Waals surface area (Å²) in [6.07, 6.45) is 1.25. The highest BCUT2D eigenvalue weighted by molar-refractivity contribution is 7.71. The zero-order chi connectivity index (χ0) is 11.0. The number of ether oxygens (including phenoxy) is 1. The molecule has 2 heterocycles. The van der Waals surface area contributed by atoms with Crippen molar-refractivity contribution in [3.8, 4) is 0 Å². The van der Waals surface area contributed by atoms with Crippen LogP contribution < -0.4 is 0 Å². The molecule has 1 N–H and O–H groups in total. The number of H-pyrrole nitrogens is 1. The Morgan fingerprint density at radius 3 is 2.87 bits per heavy atom. The smallest absolute Gasteiger partial charge is 0.195 e. The maximum Gasteiger partial charge on any atom is 0.195 e. The van der Waals surface area contributed by atoms with E-state index in [2.05, 4.69) is 35.5 Å². The molecule has 1 aliphatic rings. The van der Waals surface area contributed by atoms with Crippen molar-refractivity contribution < 1.29 is 4.74 Å². The quantitative estimate of drug-likeness (QED) is 0.789. The summed E-state index contributed by atoms with van der Waals surface area (Å²) < 4.78 is 8.40. The maximum atomic E-state index is 5.57. The molecule has 1 aromatic rings. The fourth-order valence-electron chi connectivity index (χ4n) is 2.10. The van der Waals surface area contributed by atoms with Gasteiger partial charge in [-0.2, -0.15) is 5.10 Å². The Labute approximate surface area is 94.6 Å². The fourth-order valence-corrected chi connectivity index (χ4v) is 2.38. The third-order valence-electron chi connectivity index (χ3n) is 2.92. The average molecular weight is 227 g/mol. The van der Waals surface area contributed by atoms with E-state index in [1.807, 2.05) is 0 Å². The van der Waals surface area contributed by atoms with Crippen LogP contribution in [0, 0.1) is 4.77 Å². The van der Waals surface area contributed by atoms with Crippen LogP contribution in [0.15, 0.2) is 0 Å². The number of nitrogens with one attached hydrogen (secondary N) is 1. The van der Waals surface area contributed by atoms with E-state index in [4.69, 9.17) is 17.0 Å². The van der Waals surface area contributed by atoms with Gasteiger partial charge >= 0.3 is 0 Å². The van der Waals surface area contributed by atoms with E-state index in [-0.39, 0.29) is 6.10 Å². The third kappa shape index (κ3) is 1.86. The summed E-state index contributed by atoms with van der Waals surface area (Å²) in [6.45, 7) is 7.16. The first-order chi connectivity index (χ1) is 7.11. The van der Waals surface area contributed by atoms with Gasteiger partial charge in [0, 0.05) is 12.5 Å². The summed E-state index contributed by atoms with van der Waals surface area (Å²) in [5.41, 5.74) is 0. The van der Waals surface area contributed by atoms with E-state index in [9.17, 15) is 0 Å². The number of hydrogen-bond acceptors (Lipinski definition) is 3. The van der Waals surface area contributed by atoms with E-state index in [0.29, 0.717) is 16.7 Å². The standard InChI is InChI=1S/C10H17N3OS/c1-6(2)9-11-12-10(15)13(9)8-4-5-14-7(8)3/h6-8H,4-5H2,1-3H3,(H,12,15). The van der Waals surface area contributed by atoms with E-state index >= 15 is 0 Å². The second-order valence-corrected chi connectivity index (χ2v) is 4.73. The molecular weight excluding hydrogens is 210 g/mol. The largest absolute Gasteiger partial charge is 0.376 e. The molecule has 0 saturated carbocycles. The highest BCUT2D eigenvalue weighted by Gasteiger charge is 2.29. The highest BCUT2D eigenvalue weighted by atomic mass is 32.1. The van der Waals surface area contributed by atoms with Crippen LogP contribution in [0.5, 0.6) is 0 Å². The Bertz CT molecular complexity index is 396. The zero-order valence-electron chi connectivity index (χ0n) is 9.36. The molecule has 2 rings (SSSR count). The normalized spacial score (nSPS) is 26.4. The van der Waals surface area contributed by atoms with Gasteiger partial charge in [-0.05, 0) is 25.6 Å². The summed E-state index contributed by atoms with van der Waals surface area (Å²) in [4.78, 5) is 0. The highest BCUT2D eigenvalue weighted by Crippen LogP contribution is 2.28. The van der Waals surface area contributed by atoms with Gasteiger partial charge in [0.25, 0.3) is 0 Å². The summed E-state index contributed by atoms with van der Waals surface area (Å²) in [5, 5.41) is 7.16. The summed E-state index contributed by atoms with van der Waals surface area (Å²) >= 11 is 5.27. The molecular formula is C10H17N3OS. The van der Waals surface area contributed by atoms with Crippen molar-refractivity contribution in [2.24, 2.45) is 0 Å². The van der Waals surface area contributed by atoms with Crippen LogP contribution in [0.4, 0.5) is 0 Å². The van der Waals surface area contributed by atoms with E-state index in [1.165, 1.54) is 0 Å². The minimum atomic E-state index is 0.229. The van der Waals surface area contributed by atoms with Gasteiger partial charge in [0.15, 0.2) is 4.77 Å². The molecule has 1 aliphatic heterocycles. The lowest BCUT2D eigenvalue weighted by atomic mass is 10.1. The second kappa shape index (κ2) is 4.06. The molecule has 0 bridgehead atoms. The van der Waals surface area contributed by atoms with Crippen molar-refractivity contribution in [2.45, 2.75) is 45.3 Å². The lowest BCUT2D eigenvalue weighted by Crippen LogP contribution is -2.19. The van der Waals surface area contributed by atoms with Gasteiger partial charge in [-0.1, -0.05) is 13.8 Å². The predicted octanol–water partition coefficient (Wildman–Crippen LogP) is 2.41. The average Bonchev–Trinajstić information content (AvgIpc) is 2.71. The Kier molecular flexibility index (Phi) is 2.93. The number of rotatable bonds is 2. The molecule has 4 nitrogen and oxygen atoms in total. The van der Waals surface area contributed by atoms with Gasteiger partial charge in [-0.15, -0.1) is 0 Å². The van der Waals surface area contributed by atoms with Crippen LogP contribution in [0.2, 0.25) is 0 Å². The van der Waals surface area contributed by atoms with Gasteiger partial charge in [-0.25, -0.2) is 0 Å². The van der Waals surface area contributed by atoms with Crippen molar-refractivity contribution >= 4 is 12.2 Å². The first-order valence-corrected chi connectivity index (χ1v) is 5.80. The van der Waals surface area contributed by atoms with Crippen molar-refractivity contribution in [3.63, 3.8) is 0 Å². The molecule has 0 aliphatic carbocycles. The number of aromatic amines is 1. The Balaban J connectivity index is 2.41. The number of aromatic nitrogens is 3. The molecule has 2 atom stereocenters. The summed E-state index contributed by atoms with van der Waals surface area (Å²) in [7, 11) is 0. The molecule has 0 aromatic carbocycles. The van der Waals surface area contributed by atoms with Crippen molar-refractivity contribution in [2.75, 3.05) is 6.61 Å². The first kappa shape index (κ1) is 10.8.